The fourth-order valence-electron chi connectivity index (χ4n) is 1.05. The highest BCUT2D eigenvalue weighted by Crippen LogP contribution is 2.05. The molecule has 0 aliphatic rings. The van der Waals surface area contributed by atoms with Gasteiger partial charge in [0.15, 0.2) is 0 Å². The molecular formula is C8H20N2O2. The minimum atomic E-state index is -0.571. The second-order valence-corrected chi connectivity index (χ2v) is 3.06. The summed E-state index contributed by atoms with van der Waals surface area (Å²) in [6.45, 7) is 0.875. The van der Waals surface area contributed by atoms with Gasteiger partial charge in [0, 0.05) is 13.0 Å². The fourth-order valence-corrected chi connectivity index (χ4v) is 1.05. The molecule has 4 heteroatoms. The molecule has 0 bridgehead atoms. The molecule has 0 radical (unpaired) electrons. The average Bonchev–Trinajstić information content (AvgIpc) is 2.05. The van der Waals surface area contributed by atoms with Crippen LogP contribution in [0, 0.1) is 0 Å². The molecule has 2 atom stereocenters. The van der Waals surface area contributed by atoms with E-state index in [1.807, 2.05) is 0 Å². The van der Waals surface area contributed by atoms with Gasteiger partial charge in [-0.2, -0.15) is 0 Å². The largest absolute Gasteiger partial charge is 0.393 e. The molecule has 0 aromatic carbocycles. The maximum absolute atomic E-state index is 9.32. The Kier molecular flexibility index (Phi) is 7.39. The number of aliphatic hydroxyl groups excluding tert-OH is 2. The van der Waals surface area contributed by atoms with E-state index in [-0.39, 0.29) is 6.54 Å². The van der Waals surface area contributed by atoms with Crippen LogP contribution >= 0.6 is 0 Å². The topological polar surface area (TPSA) is 92.5 Å². The van der Waals surface area contributed by atoms with Crippen LogP contribution in [0.25, 0.3) is 0 Å². The molecule has 0 spiro atoms. The van der Waals surface area contributed by atoms with Crippen LogP contribution in [0.2, 0.25) is 0 Å². The Morgan fingerprint density at radius 3 is 2.17 bits per heavy atom. The Balaban J connectivity index is 3.26. The highest BCUT2D eigenvalue weighted by atomic mass is 16.3. The van der Waals surface area contributed by atoms with Gasteiger partial charge in [0.05, 0.1) is 12.2 Å². The van der Waals surface area contributed by atoms with E-state index in [9.17, 15) is 5.11 Å². The standard InChI is InChI=1S/C8H20N2O2/c9-4-2-1-3-7(11)5-8(12)6-10/h7-8,11-12H,1-6,9-10H2. The Morgan fingerprint density at radius 1 is 1.00 bits per heavy atom. The van der Waals surface area contributed by atoms with E-state index < -0.39 is 12.2 Å². The molecule has 0 aromatic heterocycles. The predicted octanol–water partition coefficient (Wildman–Crippen LogP) is -0.814. The molecule has 12 heavy (non-hydrogen) atoms. The van der Waals surface area contributed by atoms with Gasteiger partial charge in [-0.1, -0.05) is 0 Å². The maximum Gasteiger partial charge on any atom is 0.0687 e. The first-order chi connectivity index (χ1) is 5.70. The van der Waals surface area contributed by atoms with Crippen molar-refractivity contribution in [3.8, 4) is 0 Å². The summed E-state index contributed by atoms with van der Waals surface area (Å²) in [5.41, 5.74) is 10.5. The quantitative estimate of drug-likeness (QED) is 0.382. The lowest BCUT2D eigenvalue weighted by Gasteiger charge is -2.13. The number of rotatable bonds is 7. The average molecular weight is 176 g/mol. The summed E-state index contributed by atoms with van der Waals surface area (Å²) in [5, 5.41) is 18.4. The van der Waals surface area contributed by atoms with E-state index in [2.05, 4.69) is 0 Å². The summed E-state index contributed by atoms with van der Waals surface area (Å²) < 4.78 is 0. The third kappa shape index (κ3) is 6.54. The monoisotopic (exact) mass is 176 g/mol. The van der Waals surface area contributed by atoms with Crippen molar-refractivity contribution in [3.05, 3.63) is 0 Å². The SMILES string of the molecule is NCCCCC(O)CC(O)CN. The lowest BCUT2D eigenvalue weighted by atomic mass is 10.1. The molecule has 0 fully saturated rings. The van der Waals surface area contributed by atoms with Crippen LogP contribution in [0.5, 0.6) is 0 Å². The number of hydrogen-bond acceptors (Lipinski definition) is 4. The molecule has 2 unspecified atom stereocenters. The van der Waals surface area contributed by atoms with Crippen LogP contribution in [0.15, 0.2) is 0 Å². The molecule has 0 heterocycles. The molecule has 0 rings (SSSR count). The Hall–Kier alpha value is -0.160. The van der Waals surface area contributed by atoms with Crippen molar-refractivity contribution in [2.75, 3.05) is 13.1 Å². The zero-order valence-corrected chi connectivity index (χ0v) is 7.45. The fraction of sp³-hybridized carbons (Fsp3) is 1.00. The minimum Gasteiger partial charge on any atom is -0.393 e. The Labute approximate surface area is 73.6 Å². The van der Waals surface area contributed by atoms with Crippen molar-refractivity contribution < 1.29 is 10.2 Å². The van der Waals surface area contributed by atoms with Crippen molar-refractivity contribution in [1.29, 1.82) is 0 Å². The molecule has 0 aliphatic carbocycles. The van der Waals surface area contributed by atoms with E-state index in [1.54, 1.807) is 0 Å². The first-order valence-electron chi connectivity index (χ1n) is 4.47. The van der Waals surface area contributed by atoms with Crippen LogP contribution in [0.1, 0.15) is 25.7 Å². The van der Waals surface area contributed by atoms with Crippen LogP contribution in [0.3, 0.4) is 0 Å². The van der Waals surface area contributed by atoms with E-state index in [1.165, 1.54) is 0 Å². The van der Waals surface area contributed by atoms with Crippen molar-refractivity contribution in [2.24, 2.45) is 11.5 Å². The maximum atomic E-state index is 9.32. The summed E-state index contributed by atoms with van der Waals surface area (Å²) >= 11 is 0. The zero-order valence-electron chi connectivity index (χ0n) is 7.45. The third-order valence-corrected chi connectivity index (χ3v) is 1.81. The van der Waals surface area contributed by atoms with Gasteiger partial charge < -0.3 is 21.7 Å². The third-order valence-electron chi connectivity index (χ3n) is 1.81. The van der Waals surface area contributed by atoms with Gasteiger partial charge in [0.2, 0.25) is 0 Å². The highest BCUT2D eigenvalue weighted by molar-refractivity contribution is 4.63. The first kappa shape index (κ1) is 11.8. The van der Waals surface area contributed by atoms with Crippen LogP contribution in [-0.4, -0.2) is 35.5 Å². The number of hydrogen-bond donors (Lipinski definition) is 4. The molecule has 0 aromatic rings. The van der Waals surface area contributed by atoms with E-state index in [4.69, 9.17) is 16.6 Å². The highest BCUT2D eigenvalue weighted by Gasteiger charge is 2.09. The lowest BCUT2D eigenvalue weighted by molar-refractivity contribution is 0.0786. The second-order valence-electron chi connectivity index (χ2n) is 3.06. The zero-order chi connectivity index (χ0) is 9.40. The van der Waals surface area contributed by atoms with Gasteiger partial charge in [-0.3, -0.25) is 0 Å². The smallest absolute Gasteiger partial charge is 0.0687 e. The summed E-state index contributed by atoms with van der Waals surface area (Å²) in [5.74, 6) is 0. The van der Waals surface area contributed by atoms with Gasteiger partial charge in [0.25, 0.3) is 0 Å². The van der Waals surface area contributed by atoms with Crippen molar-refractivity contribution in [2.45, 2.75) is 37.9 Å². The Morgan fingerprint density at radius 2 is 1.67 bits per heavy atom. The molecule has 6 N–H and O–H groups in total. The Bertz CT molecular complexity index is 101. The molecule has 0 aliphatic heterocycles. The van der Waals surface area contributed by atoms with Gasteiger partial charge in [-0.15, -0.1) is 0 Å². The van der Waals surface area contributed by atoms with E-state index in [0.29, 0.717) is 19.4 Å². The van der Waals surface area contributed by atoms with Crippen LogP contribution in [0.4, 0.5) is 0 Å². The number of nitrogens with two attached hydrogens (primary N) is 2. The van der Waals surface area contributed by atoms with Crippen molar-refractivity contribution in [3.63, 3.8) is 0 Å². The second kappa shape index (κ2) is 7.49. The summed E-state index contributed by atoms with van der Waals surface area (Å²) in [4.78, 5) is 0. The molecule has 0 saturated carbocycles. The van der Waals surface area contributed by atoms with E-state index in [0.717, 1.165) is 12.8 Å². The molecule has 0 amide bonds. The first-order valence-corrected chi connectivity index (χ1v) is 4.47. The number of unbranched alkanes of at least 4 members (excludes halogenated alkanes) is 1. The van der Waals surface area contributed by atoms with E-state index >= 15 is 0 Å². The van der Waals surface area contributed by atoms with Crippen molar-refractivity contribution in [1.82, 2.24) is 0 Å². The van der Waals surface area contributed by atoms with Gasteiger partial charge in [-0.05, 0) is 25.8 Å². The summed E-state index contributed by atoms with van der Waals surface area (Å²) in [6.07, 6.45) is 1.91. The van der Waals surface area contributed by atoms with Crippen molar-refractivity contribution >= 4 is 0 Å². The lowest BCUT2D eigenvalue weighted by Crippen LogP contribution is -2.25. The van der Waals surface area contributed by atoms with Gasteiger partial charge in [0.1, 0.15) is 0 Å². The summed E-state index contributed by atoms with van der Waals surface area (Å²) in [6, 6.07) is 0. The van der Waals surface area contributed by atoms with Crippen LogP contribution in [-0.2, 0) is 0 Å². The predicted molar refractivity (Wildman–Crippen MR) is 48.6 cm³/mol. The normalized spacial score (nSPS) is 16.0. The van der Waals surface area contributed by atoms with Crippen LogP contribution < -0.4 is 11.5 Å². The molecule has 4 nitrogen and oxygen atoms in total. The summed E-state index contributed by atoms with van der Waals surface area (Å²) in [7, 11) is 0. The van der Waals surface area contributed by atoms with Gasteiger partial charge >= 0.3 is 0 Å². The molecule has 0 saturated heterocycles. The number of aliphatic hydroxyl groups is 2. The minimum absolute atomic E-state index is 0.216. The molecular weight excluding hydrogens is 156 g/mol. The van der Waals surface area contributed by atoms with Gasteiger partial charge in [-0.25, -0.2) is 0 Å². The molecule has 74 valence electrons.